The number of carbonyl (C=O) groups is 3. The number of carbonyl (C=O) groups excluding carboxylic acids is 3. The van der Waals surface area contributed by atoms with Gasteiger partial charge in [0.2, 0.25) is 0 Å². The Labute approximate surface area is 286 Å². The summed E-state index contributed by atoms with van der Waals surface area (Å²) < 4.78 is 24.0. The lowest BCUT2D eigenvalue weighted by Crippen LogP contribution is -2.33. The molecule has 1 spiro atoms. The van der Waals surface area contributed by atoms with Gasteiger partial charge in [-0.2, -0.15) is 0 Å². The molecule has 48 heavy (non-hydrogen) atoms. The number of benzene rings is 3. The number of unbranched alkanes of at least 4 members (excludes halogenated alkanes) is 3. The molecular weight excluding hydrogens is 632 g/mol. The van der Waals surface area contributed by atoms with Gasteiger partial charge in [-0.15, -0.1) is 0 Å². The fourth-order valence-corrected chi connectivity index (χ4v) is 5.60. The van der Waals surface area contributed by atoms with Crippen molar-refractivity contribution in [2.24, 2.45) is 10.8 Å². The average molecular weight is 675 g/mol. The summed E-state index contributed by atoms with van der Waals surface area (Å²) in [5, 5.41) is 15.7. The Morgan fingerprint density at radius 1 is 0.792 bits per heavy atom. The van der Waals surface area contributed by atoms with E-state index in [1.807, 2.05) is 12.1 Å². The van der Waals surface area contributed by atoms with Gasteiger partial charge in [0.25, 0.3) is 0 Å². The van der Waals surface area contributed by atoms with Crippen LogP contribution < -0.4 is 24.8 Å². The molecule has 0 saturated carbocycles. The molecule has 0 aliphatic carbocycles. The first-order chi connectivity index (χ1) is 22.6. The van der Waals surface area contributed by atoms with Crippen LogP contribution in [0.3, 0.4) is 0 Å². The van der Waals surface area contributed by atoms with Crippen LogP contribution in [0.15, 0.2) is 54.6 Å². The van der Waals surface area contributed by atoms with Gasteiger partial charge in [0.1, 0.15) is 23.0 Å². The van der Waals surface area contributed by atoms with Crippen LogP contribution >= 0.6 is 12.2 Å². The summed E-state index contributed by atoms with van der Waals surface area (Å²) in [5.41, 5.74) is -0.252. The van der Waals surface area contributed by atoms with E-state index in [9.17, 15) is 14.4 Å². The van der Waals surface area contributed by atoms with Gasteiger partial charge in [-0.25, -0.2) is 4.79 Å². The lowest BCUT2D eigenvalue weighted by Gasteiger charge is -2.36. The molecule has 3 aromatic rings. The number of rotatable bonds is 9. The van der Waals surface area contributed by atoms with Crippen LogP contribution in [0.25, 0.3) is 0 Å². The molecule has 11 heteroatoms. The minimum absolute atomic E-state index is 0.196. The van der Waals surface area contributed by atoms with Crippen molar-refractivity contribution in [3.05, 3.63) is 76.9 Å². The predicted molar refractivity (Wildman–Crippen MR) is 185 cm³/mol. The highest BCUT2D eigenvalue weighted by molar-refractivity contribution is 7.80. The molecule has 0 bridgehead atoms. The third kappa shape index (κ3) is 7.17. The van der Waals surface area contributed by atoms with Crippen molar-refractivity contribution in [2.45, 2.75) is 72.8 Å². The number of anilines is 1. The highest BCUT2D eigenvalue weighted by atomic mass is 32.1. The fraction of sp³-hybridized carbons (Fsp3) is 0.405. The van der Waals surface area contributed by atoms with Gasteiger partial charge in [0.05, 0.1) is 16.4 Å². The highest BCUT2D eigenvalue weighted by Crippen LogP contribution is 2.57. The van der Waals surface area contributed by atoms with Crippen molar-refractivity contribution in [3.63, 3.8) is 0 Å². The van der Waals surface area contributed by atoms with Crippen LogP contribution in [-0.4, -0.2) is 41.3 Å². The van der Waals surface area contributed by atoms with E-state index in [1.54, 1.807) is 84.0 Å². The van der Waals surface area contributed by atoms with Gasteiger partial charge in [0.15, 0.2) is 10.7 Å². The highest BCUT2D eigenvalue weighted by Gasteiger charge is 2.54. The number of thiocarbonyl (C=S) groups is 1. The summed E-state index contributed by atoms with van der Waals surface area (Å²) in [7, 11) is 0. The normalized spacial score (nSPS) is 14.2. The Hall–Kier alpha value is -4.48. The van der Waals surface area contributed by atoms with Crippen molar-refractivity contribution in [2.75, 3.05) is 18.5 Å². The number of aliphatic hydroxyl groups excluding tert-OH is 1. The van der Waals surface area contributed by atoms with Crippen molar-refractivity contribution >= 4 is 40.9 Å². The van der Waals surface area contributed by atoms with Gasteiger partial charge in [0, 0.05) is 47.7 Å². The molecule has 2 aliphatic rings. The maximum atomic E-state index is 13.6. The molecule has 0 aromatic heterocycles. The molecule has 0 fully saturated rings. The molecule has 0 unspecified atom stereocenters. The SMILES string of the molecule is CC(C)(C)C(=O)Oc1ccc2c(c1)Oc1cc(OC(=O)C(C)(C)C)ccc1C21OC(=O)c2cc(NC(=S)NCCCCCCO)ccc21. The zero-order chi connectivity index (χ0) is 34.9. The average Bonchev–Trinajstić information content (AvgIpc) is 3.29. The Kier molecular flexibility index (Phi) is 9.84. The topological polar surface area (TPSA) is 132 Å². The minimum Gasteiger partial charge on any atom is -0.456 e. The molecule has 0 atom stereocenters. The lowest BCUT2D eigenvalue weighted by molar-refractivity contribution is -0.143. The Morgan fingerprint density at radius 2 is 1.33 bits per heavy atom. The van der Waals surface area contributed by atoms with Gasteiger partial charge >= 0.3 is 17.9 Å². The van der Waals surface area contributed by atoms with E-state index < -0.39 is 34.3 Å². The van der Waals surface area contributed by atoms with E-state index >= 15 is 0 Å². The second-order valence-corrected chi connectivity index (χ2v) is 14.5. The van der Waals surface area contributed by atoms with Crippen LogP contribution in [0, 0.1) is 10.8 Å². The number of nitrogens with one attached hydrogen (secondary N) is 2. The van der Waals surface area contributed by atoms with Crippen LogP contribution in [0.2, 0.25) is 0 Å². The molecular formula is C37H42N2O8S. The molecule has 0 saturated heterocycles. The van der Waals surface area contributed by atoms with Crippen molar-refractivity contribution in [3.8, 4) is 23.0 Å². The molecule has 3 aromatic carbocycles. The quantitative estimate of drug-likeness (QED) is 0.0938. The minimum atomic E-state index is -1.40. The first-order valence-corrected chi connectivity index (χ1v) is 16.5. The summed E-state index contributed by atoms with van der Waals surface area (Å²) in [5.74, 6) is -0.224. The van der Waals surface area contributed by atoms with E-state index in [4.69, 9.17) is 36.3 Å². The molecule has 5 rings (SSSR count). The smallest absolute Gasteiger partial charge is 0.340 e. The first kappa shape index (κ1) is 34.8. The Balaban J connectivity index is 1.51. The zero-order valence-electron chi connectivity index (χ0n) is 28.2. The lowest BCUT2D eigenvalue weighted by atomic mass is 9.77. The second kappa shape index (κ2) is 13.6. The number of fused-ring (bicyclic) bond motifs is 6. The second-order valence-electron chi connectivity index (χ2n) is 14.0. The number of esters is 3. The molecule has 2 heterocycles. The summed E-state index contributed by atoms with van der Waals surface area (Å²) >= 11 is 5.48. The van der Waals surface area contributed by atoms with Crippen molar-refractivity contribution in [1.82, 2.24) is 5.32 Å². The largest absolute Gasteiger partial charge is 0.456 e. The Bertz CT molecular complexity index is 1680. The van der Waals surface area contributed by atoms with E-state index in [0.29, 0.717) is 51.1 Å². The van der Waals surface area contributed by atoms with E-state index in [-0.39, 0.29) is 18.1 Å². The third-order valence-electron chi connectivity index (χ3n) is 8.02. The Morgan fingerprint density at radius 3 is 1.88 bits per heavy atom. The van der Waals surface area contributed by atoms with Crippen molar-refractivity contribution in [1.29, 1.82) is 0 Å². The van der Waals surface area contributed by atoms with E-state index in [0.717, 1.165) is 25.7 Å². The fourth-order valence-electron chi connectivity index (χ4n) is 5.38. The van der Waals surface area contributed by atoms with Crippen LogP contribution in [0.4, 0.5) is 5.69 Å². The molecule has 2 aliphatic heterocycles. The van der Waals surface area contributed by atoms with Gasteiger partial charge < -0.3 is 34.7 Å². The maximum absolute atomic E-state index is 13.6. The number of hydrogen-bond donors (Lipinski definition) is 3. The number of ether oxygens (including phenoxy) is 4. The molecule has 254 valence electrons. The predicted octanol–water partition coefficient (Wildman–Crippen LogP) is 7.00. The maximum Gasteiger partial charge on any atom is 0.340 e. The molecule has 0 radical (unpaired) electrons. The first-order valence-electron chi connectivity index (χ1n) is 16.1. The monoisotopic (exact) mass is 674 g/mol. The van der Waals surface area contributed by atoms with Gasteiger partial charge in [-0.05, 0) is 103 Å². The van der Waals surface area contributed by atoms with Gasteiger partial charge in [-0.1, -0.05) is 18.9 Å². The van der Waals surface area contributed by atoms with Gasteiger partial charge in [-0.3, -0.25) is 9.59 Å². The number of aliphatic hydroxyl groups is 1. The third-order valence-corrected chi connectivity index (χ3v) is 8.27. The standard InChI is InChI=1S/C37H42N2O8S/c1-35(2,3)32(42)44-23-12-15-27-29(20-23)46-30-21-24(45-33(43)36(4,5)6)13-16-28(30)37(27)26-14-11-22(19-25(26)31(41)47-37)39-34(48)38-17-9-7-8-10-18-40/h11-16,19-21,40H,7-10,17-18H2,1-6H3,(H2,38,39,48). The van der Waals surface area contributed by atoms with Crippen molar-refractivity contribution < 1.29 is 38.4 Å². The van der Waals surface area contributed by atoms with E-state index in [2.05, 4.69) is 10.6 Å². The molecule has 10 nitrogen and oxygen atoms in total. The summed E-state index contributed by atoms with van der Waals surface area (Å²) in [4.78, 5) is 39.0. The van der Waals surface area contributed by atoms with Crippen LogP contribution in [0.1, 0.15) is 94.3 Å². The van der Waals surface area contributed by atoms with Crippen LogP contribution in [0.5, 0.6) is 23.0 Å². The number of hydrogen-bond acceptors (Lipinski definition) is 9. The summed E-state index contributed by atoms with van der Waals surface area (Å²) in [6.07, 6.45) is 3.64. The van der Waals surface area contributed by atoms with E-state index in [1.165, 1.54) is 0 Å². The van der Waals surface area contributed by atoms with Crippen LogP contribution in [-0.2, 0) is 19.9 Å². The molecule has 0 amide bonds. The zero-order valence-corrected chi connectivity index (χ0v) is 29.0. The summed E-state index contributed by atoms with van der Waals surface area (Å²) in [6.45, 7) is 11.4. The summed E-state index contributed by atoms with van der Waals surface area (Å²) in [6, 6.07) is 15.3. The molecule has 3 N–H and O–H groups in total.